The summed E-state index contributed by atoms with van der Waals surface area (Å²) in [6.45, 7) is 5.72. The zero-order chi connectivity index (χ0) is 22.1. The third-order valence-corrected chi connectivity index (χ3v) is 4.33. The Kier molecular flexibility index (Phi) is 8.34. The topological polar surface area (TPSA) is 108 Å². The molecule has 160 valence electrons. The van der Waals surface area contributed by atoms with Gasteiger partial charge in [0.2, 0.25) is 0 Å². The van der Waals surface area contributed by atoms with Gasteiger partial charge in [-0.05, 0) is 51.0 Å². The molecule has 8 nitrogen and oxygen atoms in total. The number of phenols is 1. The number of phenolic OH excluding ortho intramolecular Hbond substituents is 1. The highest BCUT2D eigenvalue weighted by Gasteiger charge is 2.09. The molecule has 1 heterocycles. The van der Waals surface area contributed by atoms with Gasteiger partial charge in [-0.3, -0.25) is 14.8 Å². The van der Waals surface area contributed by atoms with Crippen molar-refractivity contribution in [2.24, 2.45) is 0 Å². The molecule has 2 rings (SSSR count). The Hall–Kier alpha value is -3.42. The summed E-state index contributed by atoms with van der Waals surface area (Å²) in [5.41, 5.74) is 3.70. The zero-order valence-corrected chi connectivity index (χ0v) is 17.6. The number of hydrogen-bond acceptors (Lipinski definition) is 8. The number of aromatic hydroxyl groups is 1. The summed E-state index contributed by atoms with van der Waals surface area (Å²) in [5, 5.41) is 9.55. The molecule has 0 atom stereocenters. The first kappa shape index (κ1) is 22.9. The molecule has 30 heavy (non-hydrogen) atoms. The van der Waals surface area contributed by atoms with Crippen molar-refractivity contribution in [3.05, 3.63) is 52.6 Å². The average Bonchev–Trinajstić information content (AvgIpc) is 2.72. The Morgan fingerprint density at radius 3 is 2.53 bits per heavy atom. The van der Waals surface area contributed by atoms with Gasteiger partial charge in [-0.2, -0.15) is 0 Å². The number of aromatic nitrogens is 2. The molecule has 0 aliphatic heterocycles. The van der Waals surface area contributed by atoms with E-state index >= 15 is 0 Å². The molecular formula is C22H26N2O6. The second kappa shape index (κ2) is 10.9. The van der Waals surface area contributed by atoms with Gasteiger partial charge in [-0.25, -0.2) is 4.79 Å². The summed E-state index contributed by atoms with van der Waals surface area (Å²) in [6.07, 6.45) is 3.29. The van der Waals surface area contributed by atoms with Gasteiger partial charge >= 0.3 is 11.9 Å². The van der Waals surface area contributed by atoms with Crippen molar-refractivity contribution in [3.63, 3.8) is 0 Å². The molecule has 0 bridgehead atoms. The monoisotopic (exact) mass is 414 g/mol. The number of ether oxygens (including phenoxy) is 3. The van der Waals surface area contributed by atoms with Crippen molar-refractivity contribution in [1.82, 2.24) is 9.97 Å². The van der Waals surface area contributed by atoms with Gasteiger partial charge in [0.05, 0.1) is 36.5 Å². The van der Waals surface area contributed by atoms with E-state index < -0.39 is 11.9 Å². The average molecular weight is 414 g/mol. The van der Waals surface area contributed by atoms with Crippen LogP contribution in [0.1, 0.15) is 41.2 Å². The van der Waals surface area contributed by atoms with Crippen molar-refractivity contribution in [2.45, 2.75) is 40.2 Å². The van der Waals surface area contributed by atoms with E-state index in [4.69, 9.17) is 14.2 Å². The standard InChI is InChI=1S/C22H26N2O6/c1-14-15(2)24-18(16(3)23-14)13-30-21(26)6-5-11-29-22(27)10-8-17-7-9-19(25)20(12-17)28-4/h7-10,12,25H,5-6,11,13H2,1-4H3/b10-8+. The van der Waals surface area contributed by atoms with Crippen molar-refractivity contribution in [2.75, 3.05) is 13.7 Å². The van der Waals surface area contributed by atoms with Gasteiger partial charge in [-0.15, -0.1) is 0 Å². The highest BCUT2D eigenvalue weighted by atomic mass is 16.5. The predicted molar refractivity (Wildman–Crippen MR) is 110 cm³/mol. The Morgan fingerprint density at radius 1 is 1.07 bits per heavy atom. The Morgan fingerprint density at radius 2 is 1.80 bits per heavy atom. The van der Waals surface area contributed by atoms with Crippen molar-refractivity contribution in [3.8, 4) is 11.5 Å². The molecule has 8 heteroatoms. The van der Waals surface area contributed by atoms with Crippen LogP contribution in [0.25, 0.3) is 6.08 Å². The van der Waals surface area contributed by atoms with Crippen LogP contribution in [0.15, 0.2) is 24.3 Å². The van der Waals surface area contributed by atoms with Gasteiger partial charge in [0.1, 0.15) is 6.61 Å². The van der Waals surface area contributed by atoms with Crippen molar-refractivity contribution < 1.29 is 28.9 Å². The lowest BCUT2D eigenvalue weighted by Gasteiger charge is -2.09. The highest BCUT2D eigenvalue weighted by Crippen LogP contribution is 2.26. The number of esters is 2. The van der Waals surface area contributed by atoms with E-state index in [0.29, 0.717) is 23.4 Å². The van der Waals surface area contributed by atoms with Crippen LogP contribution in [-0.4, -0.2) is 40.7 Å². The minimum absolute atomic E-state index is 0.0174. The van der Waals surface area contributed by atoms with E-state index in [2.05, 4.69) is 9.97 Å². The predicted octanol–water partition coefficient (Wildman–Crippen LogP) is 3.20. The number of nitrogens with zero attached hydrogens (tertiary/aromatic N) is 2. The number of hydrogen-bond donors (Lipinski definition) is 1. The van der Waals surface area contributed by atoms with Crippen LogP contribution in [0.4, 0.5) is 0 Å². The summed E-state index contributed by atoms with van der Waals surface area (Å²) in [7, 11) is 1.44. The summed E-state index contributed by atoms with van der Waals surface area (Å²) in [5.74, 6) is -0.594. The fraction of sp³-hybridized carbons (Fsp3) is 0.364. The fourth-order valence-electron chi connectivity index (χ4n) is 2.52. The van der Waals surface area contributed by atoms with Crippen LogP contribution in [-0.2, 0) is 25.7 Å². The number of rotatable bonds is 9. The molecule has 0 amide bonds. The largest absolute Gasteiger partial charge is 0.504 e. The quantitative estimate of drug-likeness (QED) is 0.379. The Balaban J connectivity index is 1.69. The first-order valence-corrected chi connectivity index (χ1v) is 9.48. The van der Waals surface area contributed by atoms with Crippen LogP contribution in [0, 0.1) is 20.8 Å². The first-order chi connectivity index (χ1) is 14.3. The van der Waals surface area contributed by atoms with E-state index in [1.165, 1.54) is 19.3 Å². The molecular weight excluding hydrogens is 388 g/mol. The van der Waals surface area contributed by atoms with Crippen LogP contribution in [0.5, 0.6) is 11.5 Å². The maximum absolute atomic E-state index is 11.9. The van der Waals surface area contributed by atoms with E-state index in [1.54, 1.807) is 18.2 Å². The van der Waals surface area contributed by atoms with Gasteiger partial charge < -0.3 is 19.3 Å². The molecule has 0 aliphatic rings. The van der Waals surface area contributed by atoms with Gasteiger partial charge in [0.15, 0.2) is 11.5 Å². The molecule has 1 N–H and O–H groups in total. The second-order valence-electron chi connectivity index (χ2n) is 6.62. The van der Waals surface area contributed by atoms with Crippen LogP contribution < -0.4 is 4.74 Å². The summed E-state index contributed by atoms with van der Waals surface area (Å²) >= 11 is 0. The SMILES string of the molecule is COc1cc(/C=C/C(=O)OCCCC(=O)OCc2nc(C)c(C)nc2C)ccc1O. The summed E-state index contributed by atoms with van der Waals surface area (Å²) < 4.78 is 15.3. The van der Waals surface area contributed by atoms with Crippen LogP contribution in [0.2, 0.25) is 0 Å². The third kappa shape index (κ3) is 6.88. The van der Waals surface area contributed by atoms with E-state index in [9.17, 15) is 14.7 Å². The molecule has 1 aromatic heterocycles. The Labute approximate surface area is 175 Å². The number of carbonyl (C=O) groups excluding carboxylic acids is 2. The Bertz CT molecular complexity index is 939. The lowest BCUT2D eigenvalue weighted by Crippen LogP contribution is -2.10. The maximum Gasteiger partial charge on any atom is 0.330 e. The minimum atomic E-state index is -0.531. The van der Waals surface area contributed by atoms with Crippen molar-refractivity contribution in [1.29, 1.82) is 0 Å². The third-order valence-electron chi connectivity index (χ3n) is 4.33. The van der Waals surface area contributed by atoms with Crippen LogP contribution in [0.3, 0.4) is 0 Å². The maximum atomic E-state index is 11.9. The van der Waals surface area contributed by atoms with Crippen molar-refractivity contribution >= 4 is 18.0 Å². The molecule has 0 unspecified atom stereocenters. The lowest BCUT2D eigenvalue weighted by molar-refractivity contribution is -0.146. The van der Waals surface area contributed by atoms with Gasteiger partial charge in [-0.1, -0.05) is 6.07 Å². The number of benzene rings is 1. The van der Waals surface area contributed by atoms with Crippen LogP contribution >= 0.6 is 0 Å². The van der Waals surface area contributed by atoms with E-state index in [0.717, 1.165) is 17.1 Å². The minimum Gasteiger partial charge on any atom is -0.504 e. The highest BCUT2D eigenvalue weighted by molar-refractivity contribution is 5.87. The molecule has 0 radical (unpaired) electrons. The molecule has 1 aromatic carbocycles. The van der Waals surface area contributed by atoms with E-state index in [-0.39, 0.29) is 25.4 Å². The first-order valence-electron chi connectivity index (χ1n) is 9.48. The van der Waals surface area contributed by atoms with E-state index in [1.807, 2.05) is 20.8 Å². The summed E-state index contributed by atoms with van der Waals surface area (Å²) in [4.78, 5) is 32.4. The van der Waals surface area contributed by atoms with Gasteiger partial charge in [0, 0.05) is 12.5 Å². The smallest absolute Gasteiger partial charge is 0.330 e. The lowest BCUT2D eigenvalue weighted by atomic mass is 10.2. The number of aryl methyl sites for hydroxylation is 3. The summed E-state index contributed by atoms with van der Waals surface area (Å²) in [6, 6.07) is 4.70. The second-order valence-corrected chi connectivity index (χ2v) is 6.62. The fourth-order valence-corrected chi connectivity index (χ4v) is 2.52. The molecule has 0 saturated heterocycles. The zero-order valence-electron chi connectivity index (χ0n) is 17.6. The molecule has 0 saturated carbocycles. The number of carbonyl (C=O) groups is 2. The molecule has 2 aromatic rings. The molecule has 0 fully saturated rings. The molecule has 0 aliphatic carbocycles. The van der Waals surface area contributed by atoms with Gasteiger partial charge in [0.25, 0.3) is 0 Å². The normalized spacial score (nSPS) is 10.8. The molecule has 0 spiro atoms. The number of methoxy groups -OCH3 is 1.